The van der Waals surface area contributed by atoms with Gasteiger partial charge in [-0.3, -0.25) is 0 Å². The van der Waals surface area contributed by atoms with Gasteiger partial charge in [0.05, 0.1) is 10.0 Å². The highest BCUT2D eigenvalue weighted by Gasteiger charge is 2.00. The van der Waals surface area contributed by atoms with Crippen molar-refractivity contribution in [3.8, 4) is 0 Å². The van der Waals surface area contributed by atoms with E-state index >= 15 is 0 Å². The van der Waals surface area contributed by atoms with E-state index in [0.717, 1.165) is 20.2 Å². The maximum Gasteiger partial charge on any atom is 0.125 e. The van der Waals surface area contributed by atoms with Crippen LogP contribution in [0.15, 0.2) is 18.2 Å². The van der Waals surface area contributed by atoms with Gasteiger partial charge in [-0.25, -0.2) is 4.98 Å². The molecule has 0 spiro atoms. The molecule has 2 N–H and O–H groups in total. The van der Waals surface area contributed by atoms with Crippen molar-refractivity contribution in [2.45, 2.75) is 6.54 Å². The van der Waals surface area contributed by atoms with E-state index in [4.69, 9.17) is 17.3 Å². The summed E-state index contributed by atoms with van der Waals surface area (Å²) < 4.78 is 0.770. The van der Waals surface area contributed by atoms with Gasteiger partial charge in [-0.15, -0.1) is 11.3 Å². The molecule has 2 aromatic rings. The highest BCUT2D eigenvalue weighted by atomic mass is 35.5. The van der Waals surface area contributed by atoms with Crippen molar-refractivity contribution in [1.29, 1.82) is 0 Å². The maximum atomic E-state index is 5.83. The summed E-state index contributed by atoms with van der Waals surface area (Å²) in [4.78, 5) is 5.28. The van der Waals surface area contributed by atoms with Crippen molar-refractivity contribution in [3.63, 3.8) is 0 Å². The van der Waals surface area contributed by atoms with Gasteiger partial charge in [0, 0.05) is 11.9 Å². The molecule has 0 aromatic carbocycles. The van der Waals surface area contributed by atoms with Crippen LogP contribution in [-0.4, -0.2) is 4.98 Å². The molecule has 0 aliphatic rings. The van der Waals surface area contributed by atoms with Crippen LogP contribution >= 0.6 is 22.9 Å². The molecular weight excluding hydrogens is 192 g/mol. The van der Waals surface area contributed by atoms with Gasteiger partial charge >= 0.3 is 0 Å². The molecular formula is C8H7ClN2S. The molecule has 0 aliphatic heterocycles. The van der Waals surface area contributed by atoms with Crippen LogP contribution in [0.25, 0.3) is 10.2 Å². The van der Waals surface area contributed by atoms with Crippen LogP contribution in [0.4, 0.5) is 0 Å². The SMILES string of the molecule is NCc1ccc2cc(Cl)sc2n1. The van der Waals surface area contributed by atoms with Crippen LogP contribution in [0.1, 0.15) is 5.69 Å². The first-order valence-corrected chi connectivity index (χ1v) is 4.74. The third kappa shape index (κ3) is 1.31. The average molecular weight is 199 g/mol. The molecule has 0 unspecified atom stereocenters. The van der Waals surface area contributed by atoms with E-state index in [1.807, 2.05) is 18.2 Å². The summed E-state index contributed by atoms with van der Waals surface area (Å²) in [6.45, 7) is 0.478. The lowest BCUT2D eigenvalue weighted by Gasteiger charge is -1.93. The quantitative estimate of drug-likeness (QED) is 0.765. The van der Waals surface area contributed by atoms with Gasteiger partial charge in [0.1, 0.15) is 4.83 Å². The largest absolute Gasteiger partial charge is 0.325 e. The van der Waals surface area contributed by atoms with Crippen LogP contribution in [0.3, 0.4) is 0 Å². The number of rotatable bonds is 1. The molecule has 62 valence electrons. The van der Waals surface area contributed by atoms with Crippen LogP contribution < -0.4 is 5.73 Å². The van der Waals surface area contributed by atoms with E-state index < -0.39 is 0 Å². The molecule has 0 bridgehead atoms. The monoisotopic (exact) mass is 198 g/mol. The molecule has 0 aliphatic carbocycles. The van der Waals surface area contributed by atoms with Crippen LogP contribution in [0.5, 0.6) is 0 Å². The Kier molecular flexibility index (Phi) is 2.00. The zero-order valence-corrected chi connectivity index (χ0v) is 7.82. The Labute approximate surface area is 79.0 Å². The minimum atomic E-state index is 0.478. The number of nitrogens with zero attached hydrogens (tertiary/aromatic N) is 1. The van der Waals surface area contributed by atoms with E-state index in [0.29, 0.717) is 6.54 Å². The molecule has 2 nitrogen and oxygen atoms in total. The first-order chi connectivity index (χ1) is 5.79. The standard InChI is InChI=1S/C8H7ClN2S/c9-7-3-5-1-2-6(4-10)11-8(5)12-7/h1-3H,4,10H2. The van der Waals surface area contributed by atoms with E-state index in [-0.39, 0.29) is 0 Å². The van der Waals surface area contributed by atoms with Crippen molar-refractivity contribution >= 4 is 33.2 Å². The van der Waals surface area contributed by atoms with Crippen molar-refractivity contribution in [1.82, 2.24) is 4.98 Å². The molecule has 0 fully saturated rings. The van der Waals surface area contributed by atoms with Crippen molar-refractivity contribution in [2.24, 2.45) is 5.73 Å². The van der Waals surface area contributed by atoms with E-state index in [2.05, 4.69) is 4.98 Å². The van der Waals surface area contributed by atoms with Crippen molar-refractivity contribution in [2.75, 3.05) is 0 Å². The summed E-state index contributed by atoms with van der Waals surface area (Å²) in [7, 11) is 0. The number of aromatic nitrogens is 1. The fourth-order valence-electron chi connectivity index (χ4n) is 1.04. The predicted octanol–water partition coefficient (Wildman–Crippen LogP) is 2.41. The molecule has 0 saturated heterocycles. The Morgan fingerprint density at radius 3 is 3.08 bits per heavy atom. The Balaban J connectivity index is 2.66. The van der Waals surface area contributed by atoms with Gasteiger partial charge in [0.25, 0.3) is 0 Å². The Morgan fingerprint density at radius 2 is 2.33 bits per heavy atom. The highest BCUT2D eigenvalue weighted by Crippen LogP contribution is 2.27. The third-order valence-electron chi connectivity index (χ3n) is 1.62. The smallest absolute Gasteiger partial charge is 0.125 e. The number of nitrogens with two attached hydrogens (primary N) is 1. The number of pyridine rings is 1. The molecule has 0 amide bonds. The minimum Gasteiger partial charge on any atom is -0.325 e. The van der Waals surface area contributed by atoms with Crippen molar-refractivity contribution < 1.29 is 0 Å². The summed E-state index contributed by atoms with van der Waals surface area (Å²) in [6, 6.07) is 5.83. The molecule has 2 rings (SSSR count). The molecule has 2 aromatic heterocycles. The van der Waals surface area contributed by atoms with Gasteiger partial charge in [-0.1, -0.05) is 17.7 Å². The summed E-state index contributed by atoms with van der Waals surface area (Å²) in [5.74, 6) is 0. The first kappa shape index (κ1) is 7.98. The lowest BCUT2D eigenvalue weighted by molar-refractivity contribution is 1.01. The zero-order valence-electron chi connectivity index (χ0n) is 6.25. The lowest BCUT2D eigenvalue weighted by atomic mass is 10.3. The molecule has 12 heavy (non-hydrogen) atoms. The summed E-state index contributed by atoms with van der Waals surface area (Å²) in [6.07, 6.45) is 0. The molecule has 0 radical (unpaired) electrons. The topological polar surface area (TPSA) is 38.9 Å². The van der Waals surface area contributed by atoms with Gasteiger partial charge in [0.2, 0.25) is 0 Å². The van der Waals surface area contributed by atoms with Crippen LogP contribution in [0, 0.1) is 0 Å². The minimum absolute atomic E-state index is 0.478. The second-order valence-corrected chi connectivity index (χ2v) is 4.11. The van der Waals surface area contributed by atoms with E-state index in [1.165, 1.54) is 11.3 Å². The number of thiophene rings is 1. The number of halogens is 1. The summed E-state index contributed by atoms with van der Waals surface area (Å²) >= 11 is 7.31. The average Bonchev–Trinajstić information content (AvgIpc) is 2.43. The Hall–Kier alpha value is -0.640. The summed E-state index contributed by atoms with van der Waals surface area (Å²) in [5.41, 5.74) is 6.36. The molecule has 0 saturated carbocycles. The van der Waals surface area contributed by atoms with Gasteiger partial charge in [-0.2, -0.15) is 0 Å². The van der Waals surface area contributed by atoms with Crippen LogP contribution in [-0.2, 0) is 6.54 Å². The second-order valence-electron chi connectivity index (χ2n) is 2.45. The van der Waals surface area contributed by atoms with Gasteiger partial charge in [-0.05, 0) is 12.1 Å². The zero-order chi connectivity index (χ0) is 8.55. The predicted molar refractivity (Wildman–Crippen MR) is 52.5 cm³/mol. The Morgan fingerprint density at radius 1 is 1.50 bits per heavy atom. The van der Waals surface area contributed by atoms with Gasteiger partial charge < -0.3 is 5.73 Å². The fourth-order valence-corrected chi connectivity index (χ4v) is 2.15. The van der Waals surface area contributed by atoms with Crippen LogP contribution in [0.2, 0.25) is 4.34 Å². The highest BCUT2D eigenvalue weighted by molar-refractivity contribution is 7.22. The first-order valence-electron chi connectivity index (χ1n) is 3.54. The second kappa shape index (κ2) is 3.01. The third-order valence-corrected chi connectivity index (χ3v) is 2.79. The van der Waals surface area contributed by atoms with Gasteiger partial charge in [0.15, 0.2) is 0 Å². The van der Waals surface area contributed by atoms with E-state index in [9.17, 15) is 0 Å². The lowest BCUT2D eigenvalue weighted by Crippen LogP contribution is -1.97. The Bertz CT molecular complexity index is 410. The van der Waals surface area contributed by atoms with E-state index in [1.54, 1.807) is 0 Å². The fraction of sp³-hybridized carbons (Fsp3) is 0.125. The normalized spacial score (nSPS) is 10.8. The molecule has 2 heterocycles. The number of hydrogen-bond acceptors (Lipinski definition) is 3. The number of fused-ring (bicyclic) bond motifs is 1. The maximum absolute atomic E-state index is 5.83. The number of hydrogen-bond donors (Lipinski definition) is 1. The summed E-state index contributed by atoms with van der Waals surface area (Å²) in [5, 5.41) is 1.09. The van der Waals surface area contributed by atoms with Crippen molar-refractivity contribution in [3.05, 3.63) is 28.2 Å². The molecule has 4 heteroatoms. The molecule has 0 atom stereocenters.